The van der Waals surface area contributed by atoms with Crippen LogP contribution in [0, 0.1) is 0 Å². The molecule has 3 atom stereocenters. The van der Waals surface area contributed by atoms with Crippen molar-refractivity contribution in [2.24, 2.45) is 0 Å². The number of rotatable bonds is 49. The van der Waals surface area contributed by atoms with Crippen molar-refractivity contribution in [1.29, 1.82) is 0 Å². The maximum atomic E-state index is 13.3. The van der Waals surface area contributed by atoms with E-state index in [4.69, 9.17) is 4.74 Å². The van der Waals surface area contributed by atoms with Crippen LogP contribution >= 0.6 is 0 Å². The lowest BCUT2D eigenvalue weighted by atomic mass is 10.0. The van der Waals surface area contributed by atoms with Gasteiger partial charge in [0.2, 0.25) is 5.91 Å². The molecule has 0 spiro atoms. The molecule has 6 nitrogen and oxygen atoms in total. The quantitative estimate of drug-likeness (QED) is 0.0244. The molecule has 0 aromatic heterocycles. The molecule has 0 aliphatic heterocycles. The third-order valence-corrected chi connectivity index (χ3v) is 12.3. The summed E-state index contributed by atoms with van der Waals surface area (Å²) in [5.74, 6) is -0.541. The van der Waals surface area contributed by atoms with Crippen molar-refractivity contribution in [3.8, 4) is 0 Å². The topological polar surface area (TPSA) is 95.9 Å². The number of esters is 1. The van der Waals surface area contributed by atoms with Crippen molar-refractivity contribution in [3.05, 3.63) is 97.2 Å². The first-order valence-electron chi connectivity index (χ1n) is 28.0. The Balaban J connectivity index is 4.68. The van der Waals surface area contributed by atoms with Gasteiger partial charge in [0.15, 0.2) is 0 Å². The zero-order chi connectivity index (χ0) is 48.8. The monoisotopic (exact) mass is 932 g/mol. The van der Waals surface area contributed by atoms with Crippen molar-refractivity contribution >= 4 is 11.9 Å². The van der Waals surface area contributed by atoms with Crippen molar-refractivity contribution < 1.29 is 24.5 Å². The second kappa shape index (κ2) is 53.7. The second-order valence-corrected chi connectivity index (χ2v) is 18.8. The van der Waals surface area contributed by atoms with Gasteiger partial charge >= 0.3 is 5.97 Å². The molecule has 0 aromatic carbocycles. The molecule has 67 heavy (non-hydrogen) atoms. The van der Waals surface area contributed by atoms with Crippen LogP contribution in [0.5, 0.6) is 0 Å². The zero-order valence-electron chi connectivity index (χ0n) is 43.8. The Morgan fingerprint density at radius 1 is 0.463 bits per heavy atom. The fourth-order valence-corrected chi connectivity index (χ4v) is 8.08. The predicted molar refractivity (Wildman–Crippen MR) is 291 cm³/mol. The number of carbonyl (C=O) groups is 2. The summed E-state index contributed by atoms with van der Waals surface area (Å²) in [4.78, 5) is 26.2. The van der Waals surface area contributed by atoms with Crippen LogP contribution in [0.4, 0.5) is 0 Å². The standard InChI is InChI=1S/C61H105NO5/c1-4-7-10-13-16-19-22-25-28-30-33-36-39-42-45-48-51-54-61(66)67-57(52-49-46-43-40-37-34-31-27-24-21-18-15-12-9-6-3)55-60(65)62-58(56-63)59(64)53-50-47-44-41-38-35-32-29-26-23-20-17-14-11-8-5-2/h7,10,13,16,18-19,21-22,25,27-28,30-31,33,36,39,57-59,63-64H,4-6,8-9,11-12,14-15,17,20,23-24,26,29,32,34-35,37-38,40-56H2,1-3H3,(H,62,65)/b10-7-,16-13+,21-18-,22-19+,28-25-,31-27-,33-30+,39-36+. The molecule has 1 amide bonds. The fourth-order valence-electron chi connectivity index (χ4n) is 8.08. The van der Waals surface area contributed by atoms with Crippen LogP contribution in [0.1, 0.15) is 252 Å². The molecule has 0 aliphatic carbocycles. The Hall–Kier alpha value is -3.22. The summed E-state index contributed by atoms with van der Waals surface area (Å²) in [6.45, 7) is 6.31. The Kier molecular flexibility index (Phi) is 51.1. The van der Waals surface area contributed by atoms with Crippen molar-refractivity contribution in [3.63, 3.8) is 0 Å². The highest BCUT2D eigenvalue weighted by atomic mass is 16.5. The molecule has 0 saturated heterocycles. The molecular weight excluding hydrogens is 827 g/mol. The minimum Gasteiger partial charge on any atom is -0.462 e. The van der Waals surface area contributed by atoms with E-state index in [-0.39, 0.29) is 24.9 Å². The SMILES string of the molecule is CC\C=C/C=C/C=C/C=C\C=C\C=C\CCCCCC(=O)OC(CCCCCCC/C=C\C/C=C\CCCCC)CC(=O)NC(CO)C(O)CCCCCCCCCCCCCCCCCC. The third kappa shape index (κ3) is 49.0. The van der Waals surface area contributed by atoms with Gasteiger partial charge in [0, 0.05) is 6.42 Å². The lowest BCUT2D eigenvalue weighted by Gasteiger charge is -2.24. The highest BCUT2D eigenvalue weighted by Gasteiger charge is 2.24. The lowest BCUT2D eigenvalue weighted by Crippen LogP contribution is -2.46. The Morgan fingerprint density at radius 3 is 1.37 bits per heavy atom. The van der Waals surface area contributed by atoms with E-state index >= 15 is 0 Å². The van der Waals surface area contributed by atoms with Crippen molar-refractivity contribution in [2.45, 2.75) is 270 Å². The van der Waals surface area contributed by atoms with Crippen molar-refractivity contribution in [1.82, 2.24) is 5.32 Å². The maximum absolute atomic E-state index is 13.3. The molecule has 3 unspecified atom stereocenters. The molecule has 0 heterocycles. The van der Waals surface area contributed by atoms with Crippen LogP contribution in [-0.4, -0.2) is 46.9 Å². The Bertz CT molecular complexity index is 1320. The summed E-state index contributed by atoms with van der Waals surface area (Å²) in [6, 6.07) is -0.722. The summed E-state index contributed by atoms with van der Waals surface area (Å²) in [6.07, 6.45) is 71.7. The van der Waals surface area contributed by atoms with Crippen LogP contribution in [0.25, 0.3) is 0 Å². The van der Waals surface area contributed by atoms with Gasteiger partial charge in [0.1, 0.15) is 6.10 Å². The van der Waals surface area contributed by atoms with Crippen LogP contribution < -0.4 is 5.32 Å². The number of hydrogen-bond donors (Lipinski definition) is 3. The van der Waals surface area contributed by atoms with Gasteiger partial charge in [-0.15, -0.1) is 0 Å². The minimum atomic E-state index is -0.806. The first kappa shape index (κ1) is 63.8. The van der Waals surface area contributed by atoms with Gasteiger partial charge in [-0.05, 0) is 77.0 Å². The summed E-state index contributed by atoms with van der Waals surface area (Å²) in [7, 11) is 0. The van der Waals surface area contributed by atoms with Crippen LogP contribution in [0.15, 0.2) is 97.2 Å². The highest BCUT2D eigenvalue weighted by Crippen LogP contribution is 2.18. The smallest absolute Gasteiger partial charge is 0.306 e. The van der Waals surface area contributed by atoms with Gasteiger partial charge in [-0.25, -0.2) is 0 Å². The molecular formula is C61H105NO5. The summed E-state index contributed by atoms with van der Waals surface area (Å²) in [5.41, 5.74) is 0. The fraction of sp³-hybridized carbons (Fsp3) is 0.705. The van der Waals surface area contributed by atoms with Gasteiger partial charge in [-0.2, -0.15) is 0 Å². The first-order valence-corrected chi connectivity index (χ1v) is 28.0. The van der Waals surface area contributed by atoms with E-state index < -0.39 is 18.2 Å². The van der Waals surface area contributed by atoms with E-state index in [1.807, 2.05) is 48.6 Å². The molecule has 0 rings (SSSR count). The average Bonchev–Trinajstić information content (AvgIpc) is 3.32. The average molecular weight is 933 g/mol. The van der Waals surface area contributed by atoms with Crippen LogP contribution in [-0.2, 0) is 14.3 Å². The van der Waals surface area contributed by atoms with E-state index in [2.05, 4.69) is 74.7 Å². The van der Waals surface area contributed by atoms with E-state index in [0.717, 1.165) is 89.9 Å². The van der Waals surface area contributed by atoms with Gasteiger partial charge in [-0.1, -0.05) is 259 Å². The number of aliphatic hydroxyl groups excluding tert-OH is 2. The van der Waals surface area contributed by atoms with E-state index in [1.165, 1.54) is 116 Å². The Labute approximate surface area is 414 Å². The van der Waals surface area contributed by atoms with Crippen LogP contribution in [0.3, 0.4) is 0 Å². The first-order chi connectivity index (χ1) is 33.0. The third-order valence-electron chi connectivity index (χ3n) is 12.3. The molecule has 0 fully saturated rings. The second-order valence-electron chi connectivity index (χ2n) is 18.8. The Morgan fingerprint density at radius 2 is 0.866 bits per heavy atom. The molecule has 384 valence electrons. The molecule has 0 radical (unpaired) electrons. The molecule has 0 aromatic rings. The highest BCUT2D eigenvalue weighted by molar-refractivity contribution is 5.77. The van der Waals surface area contributed by atoms with E-state index in [0.29, 0.717) is 19.3 Å². The van der Waals surface area contributed by atoms with E-state index in [1.54, 1.807) is 0 Å². The molecule has 0 bridgehead atoms. The number of unbranched alkanes of at least 4 members (excludes halogenated alkanes) is 26. The molecule has 0 aliphatic rings. The predicted octanol–water partition coefficient (Wildman–Crippen LogP) is 17.3. The molecule has 6 heteroatoms. The largest absolute Gasteiger partial charge is 0.462 e. The van der Waals surface area contributed by atoms with Crippen LogP contribution in [0.2, 0.25) is 0 Å². The number of allylic oxidation sites excluding steroid dienone is 16. The number of carbonyl (C=O) groups excluding carboxylic acids is 2. The molecule has 3 N–H and O–H groups in total. The van der Waals surface area contributed by atoms with Gasteiger partial charge in [0.05, 0.1) is 25.2 Å². The minimum absolute atomic E-state index is 0.0450. The van der Waals surface area contributed by atoms with E-state index in [9.17, 15) is 19.8 Å². The summed E-state index contributed by atoms with van der Waals surface area (Å²) >= 11 is 0. The summed E-state index contributed by atoms with van der Waals surface area (Å²) in [5, 5.41) is 23.9. The maximum Gasteiger partial charge on any atom is 0.306 e. The number of amides is 1. The number of aliphatic hydroxyl groups is 2. The number of hydrogen-bond acceptors (Lipinski definition) is 5. The number of nitrogens with one attached hydrogen (secondary N) is 1. The normalized spacial score (nSPS) is 13.9. The number of ether oxygens (including phenoxy) is 1. The molecule has 0 saturated carbocycles. The summed E-state index contributed by atoms with van der Waals surface area (Å²) < 4.78 is 5.93. The lowest BCUT2D eigenvalue weighted by molar-refractivity contribution is -0.151. The van der Waals surface area contributed by atoms with Gasteiger partial charge in [-0.3, -0.25) is 9.59 Å². The zero-order valence-corrected chi connectivity index (χ0v) is 43.8. The van der Waals surface area contributed by atoms with Gasteiger partial charge in [0.25, 0.3) is 0 Å². The van der Waals surface area contributed by atoms with Gasteiger partial charge < -0.3 is 20.3 Å². The van der Waals surface area contributed by atoms with Crippen molar-refractivity contribution in [2.75, 3.05) is 6.61 Å².